The number of rotatable bonds is 5. The molecule has 0 unspecified atom stereocenters. The van der Waals surface area contributed by atoms with E-state index in [2.05, 4.69) is 15.2 Å². The summed E-state index contributed by atoms with van der Waals surface area (Å²) in [5, 5.41) is 20.8. The Kier molecular flexibility index (Phi) is 6.63. The van der Waals surface area contributed by atoms with E-state index in [1.165, 1.54) is 12.4 Å². The summed E-state index contributed by atoms with van der Waals surface area (Å²) in [7, 11) is 0. The van der Waals surface area contributed by atoms with Crippen LogP contribution in [-0.2, 0) is 4.79 Å². The number of carbonyl (C=O) groups excluding carboxylic acids is 2. The van der Waals surface area contributed by atoms with Gasteiger partial charge in [0.05, 0.1) is 11.8 Å². The number of aromatic nitrogens is 1. The summed E-state index contributed by atoms with van der Waals surface area (Å²) in [4.78, 5) is 32.1. The molecule has 2 atom stereocenters. The third-order valence-corrected chi connectivity index (χ3v) is 4.91. The lowest BCUT2D eigenvalue weighted by atomic mass is 10.1. The summed E-state index contributed by atoms with van der Waals surface area (Å²) < 4.78 is 0. The molecule has 0 bridgehead atoms. The summed E-state index contributed by atoms with van der Waals surface area (Å²) in [6.45, 7) is 3.60. The fourth-order valence-corrected chi connectivity index (χ4v) is 3.24. The minimum atomic E-state index is -1.22. The van der Waals surface area contributed by atoms with Crippen LogP contribution in [0, 0.1) is 0 Å². The molecule has 0 aliphatic carbocycles. The first-order valence-corrected chi connectivity index (χ1v) is 9.43. The SMILES string of the molecule is C[C@H](O)[C@@H](NC(=O)N1CCN(c2ccc(-c3ccccn3)cc2)CC1)C(=O)NO. The molecule has 9 nitrogen and oxygen atoms in total. The van der Waals surface area contributed by atoms with Gasteiger partial charge in [-0.05, 0) is 31.2 Å². The third-order valence-electron chi connectivity index (χ3n) is 4.91. The van der Waals surface area contributed by atoms with E-state index in [4.69, 9.17) is 5.21 Å². The molecular formula is C20H25N5O4. The molecule has 0 radical (unpaired) electrons. The van der Waals surface area contributed by atoms with Gasteiger partial charge in [-0.25, -0.2) is 10.3 Å². The Balaban J connectivity index is 1.56. The Labute approximate surface area is 168 Å². The van der Waals surface area contributed by atoms with Crippen molar-refractivity contribution in [2.75, 3.05) is 31.1 Å². The lowest BCUT2D eigenvalue weighted by molar-refractivity contribution is -0.133. The number of carbonyl (C=O) groups is 2. The van der Waals surface area contributed by atoms with Crippen LogP contribution in [0.25, 0.3) is 11.3 Å². The number of aliphatic hydroxyl groups is 1. The Hall–Kier alpha value is -3.17. The molecule has 0 spiro atoms. The van der Waals surface area contributed by atoms with Crippen molar-refractivity contribution in [3.8, 4) is 11.3 Å². The van der Waals surface area contributed by atoms with Crippen molar-refractivity contribution in [3.63, 3.8) is 0 Å². The Bertz CT molecular complexity index is 821. The number of anilines is 1. The topological polar surface area (TPSA) is 118 Å². The van der Waals surface area contributed by atoms with Gasteiger partial charge in [-0.2, -0.15) is 0 Å². The first kappa shape index (κ1) is 20.6. The Morgan fingerprint density at radius 1 is 1.07 bits per heavy atom. The van der Waals surface area contributed by atoms with Gasteiger partial charge in [-0.3, -0.25) is 15.0 Å². The highest BCUT2D eigenvalue weighted by molar-refractivity contribution is 5.87. The van der Waals surface area contributed by atoms with Crippen LogP contribution in [0.3, 0.4) is 0 Å². The number of hydrogen-bond acceptors (Lipinski definition) is 6. The molecular weight excluding hydrogens is 374 g/mol. The monoisotopic (exact) mass is 399 g/mol. The Morgan fingerprint density at radius 2 is 1.76 bits per heavy atom. The van der Waals surface area contributed by atoms with Crippen molar-refractivity contribution < 1.29 is 19.9 Å². The minimum absolute atomic E-state index is 0.454. The highest BCUT2D eigenvalue weighted by Crippen LogP contribution is 2.22. The summed E-state index contributed by atoms with van der Waals surface area (Å²) in [6.07, 6.45) is 0.629. The largest absolute Gasteiger partial charge is 0.391 e. The number of nitrogens with zero attached hydrogens (tertiary/aromatic N) is 3. The average Bonchev–Trinajstić information content (AvgIpc) is 2.77. The first-order chi connectivity index (χ1) is 14.0. The normalized spacial score (nSPS) is 16.1. The number of pyridine rings is 1. The number of nitrogens with one attached hydrogen (secondary N) is 2. The molecule has 1 fully saturated rings. The van der Waals surface area contributed by atoms with Crippen molar-refractivity contribution in [1.29, 1.82) is 0 Å². The van der Waals surface area contributed by atoms with E-state index in [9.17, 15) is 14.7 Å². The highest BCUT2D eigenvalue weighted by Gasteiger charge is 2.29. The van der Waals surface area contributed by atoms with E-state index in [0.717, 1.165) is 16.9 Å². The zero-order valence-corrected chi connectivity index (χ0v) is 16.2. The van der Waals surface area contributed by atoms with Gasteiger partial charge in [0.2, 0.25) is 0 Å². The van der Waals surface area contributed by atoms with Crippen LogP contribution in [0.2, 0.25) is 0 Å². The van der Waals surface area contributed by atoms with Crippen LogP contribution < -0.4 is 15.7 Å². The summed E-state index contributed by atoms with van der Waals surface area (Å²) in [5.41, 5.74) is 4.47. The fraction of sp³-hybridized carbons (Fsp3) is 0.350. The van der Waals surface area contributed by atoms with Gasteiger partial charge in [0, 0.05) is 43.6 Å². The van der Waals surface area contributed by atoms with Crippen LogP contribution in [0.15, 0.2) is 48.7 Å². The third kappa shape index (κ3) is 5.01. The lowest BCUT2D eigenvalue weighted by Gasteiger charge is -2.36. The molecule has 1 aromatic carbocycles. The molecule has 1 aliphatic rings. The molecule has 9 heteroatoms. The second kappa shape index (κ2) is 9.35. The average molecular weight is 399 g/mol. The summed E-state index contributed by atoms with van der Waals surface area (Å²) in [6, 6.07) is 12.2. The van der Waals surface area contributed by atoms with Crippen LogP contribution in [0.4, 0.5) is 10.5 Å². The van der Waals surface area contributed by atoms with E-state index in [0.29, 0.717) is 26.2 Å². The molecule has 154 valence electrons. The minimum Gasteiger partial charge on any atom is -0.391 e. The highest BCUT2D eigenvalue weighted by atomic mass is 16.5. The maximum absolute atomic E-state index is 12.4. The van der Waals surface area contributed by atoms with Gasteiger partial charge in [-0.15, -0.1) is 0 Å². The molecule has 3 rings (SSSR count). The van der Waals surface area contributed by atoms with Gasteiger partial charge >= 0.3 is 6.03 Å². The molecule has 4 N–H and O–H groups in total. The van der Waals surface area contributed by atoms with E-state index >= 15 is 0 Å². The van der Waals surface area contributed by atoms with Crippen LogP contribution in [0.1, 0.15) is 6.92 Å². The predicted octanol–water partition coefficient (Wildman–Crippen LogP) is 0.835. The maximum Gasteiger partial charge on any atom is 0.318 e. The number of aliphatic hydroxyl groups excluding tert-OH is 1. The molecule has 1 aliphatic heterocycles. The second-order valence-corrected chi connectivity index (χ2v) is 6.88. The number of amides is 3. The number of urea groups is 1. The fourth-order valence-electron chi connectivity index (χ4n) is 3.24. The number of piperazine rings is 1. The summed E-state index contributed by atoms with van der Waals surface area (Å²) in [5.74, 6) is -0.861. The number of hydrogen-bond donors (Lipinski definition) is 4. The quantitative estimate of drug-likeness (QED) is 0.437. The van der Waals surface area contributed by atoms with Crippen LogP contribution >= 0.6 is 0 Å². The molecule has 2 heterocycles. The van der Waals surface area contributed by atoms with Crippen molar-refractivity contribution in [2.24, 2.45) is 0 Å². The molecule has 1 aromatic heterocycles. The van der Waals surface area contributed by atoms with Crippen molar-refractivity contribution in [1.82, 2.24) is 20.7 Å². The van der Waals surface area contributed by atoms with Gasteiger partial charge in [-0.1, -0.05) is 18.2 Å². The number of benzene rings is 1. The van der Waals surface area contributed by atoms with Gasteiger partial charge in [0.25, 0.3) is 5.91 Å². The van der Waals surface area contributed by atoms with Crippen LogP contribution in [0.5, 0.6) is 0 Å². The van der Waals surface area contributed by atoms with Crippen LogP contribution in [-0.4, -0.2) is 70.5 Å². The van der Waals surface area contributed by atoms with E-state index < -0.39 is 24.1 Å². The standard InChI is InChI=1S/C20H25N5O4/c1-14(26)18(19(27)23-29)22-20(28)25-12-10-24(11-13-25)16-7-5-15(6-8-16)17-4-2-3-9-21-17/h2-9,14,18,26,29H,10-13H2,1H3,(H,22,28)(H,23,27)/t14-,18+/m0/s1. The summed E-state index contributed by atoms with van der Waals surface area (Å²) >= 11 is 0. The smallest absolute Gasteiger partial charge is 0.318 e. The van der Waals surface area contributed by atoms with Gasteiger partial charge in [0.15, 0.2) is 0 Å². The predicted molar refractivity (Wildman–Crippen MR) is 107 cm³/mol. The van der Waals surface area contributed by atoms with E-state index in [-0.39, 0.29) is 0 Å². The van der Waals surface area contributed by atoms with E-state index in [1.54, 1.807) is 11.1 Å². The van der Waals surface area contributed by atoms with Crippen molar-refractivity contribution in [3.05, 3.63) is 48.7 Å². The van der Waals surface area contributed by atoms with Crippen molar-refractivity contribution in [2.45, 2.75) is 19.1 Å². The zero-order chi connectivity index (χ0) is 20.8. The van der Waals surface area contributed by atoms with Gasteiger partial charge in [0.1, 0.15) is 6.04 Å². The molecule has 1 saturated heterocycles. The first-order valence-electron chi connectivity index (χ1n) is 9.43. The Morgan fingerprint density at radius 3 is 2.31 bits per heavy atom. The maximum atomic E-state index is 12.4. The molecule has 29 heavy (non-hydrogen) atoms. The second-order valence-electron chi connectivity index (χ2n) is 6.88. The molecule has 3 amide bonds. The number of hydroxylamine groups is 1. The molecule has 0 saturated carbocycles. The lowest BCUT2D eigenvalue weighted by Crippen LogP contribution is -2.58. The van der Waals surface area contributed by atoms with Crippen molar-refractivity contribution >= 4 is 17.6 Å². The van der Waals surface area contributed by atoms with E-state index in [1.807, 2.05) is 42.5 Å². The molecule has 2 aromatic rings. The zero-order valence-electron chi connectivity index (χ0n) is 16.2. The van der Waals surface area contributed by atoms with Gasteiger partial charge < -0.3 is 20.2 Å².